The summed E-state index contributed by atoms with van der Waals surface area (Å²) in [6.07, 6.45) is 2.41. The number of amides is 1. The van der Waals surface area contributed by atoms with Gasteiger partial charge in [-0.2, -0.15) is 0 Å². The van der Waals surface area contributed by atoms with E-state index in [0.717, 1.165) is 19.3 Å². The first-order valence-corrected chi connectivity index (χ1v) is 7.45. The maximum atomic E-state index is 12.2. The second-order valence-corrected chi connectivity index (χ2v) is 7.47. The molecule has 118 valence electrons. The van der Waals surface area contributed by atoms with Gasteiger partial charge in [0.1, 0.15) is 5.78 Å². The van der Waals surface area contributed by atoms with Gasteiger partial charge in [-0.15, -0.1) is 0 Å². The van der Waals surface area contributed by atoms with Crippen LogP contribution in [0.2, 0.25) is 0 Å². The van der Waals surface area contributed by atoms with E-state index >= 15 is 0 Å². The Balaban J connectivity index is 4.14. The summed E-state index contributed by atoms with van der Waals surface area (Å²) in [7, 11) is 1.79. The molecule has 4 nitrogen and oxygen atoms in total. The van der Waals surface area contributed by atoms with Crippen LogP contribution in [-0.2, 0) is 9.59 Å². The summed E-state index contributed by atoms with van der Waals surface area (Å²) in [6, 6.07) is -0.102. The molecule has 0 aromatic heterocycles. The third-order valence-corrected chi connectivity index (χ3v) is 3.38. The zero-order valence-electron chi connectivity index (χ0n) is 14.2. The molecule has 1 atom stereocenters. The first-order chi connectivity index (χ1) is 8.99. The molecule has 1 unspecified atom stereocenters. The van der Waals surface area contributed by atoms with Crippen LogP contribution in [0.25, 0.3) is 0 Å². The molecular weight excluding hydrogens is 252 g/mol. The minimum Gasteiger partial charge on any atom is -0.356 e. The Morgan fingerprint density at radius 3 is 2.05 bits per heavy atom. The van der Waals surface area contributed by atoms with Gasteiger partial charge in [0.25, 0.3) is 0 Å². The van der Waals surface area contributed by atoms with Gasteiger partial charge in [-0.3, -0.25) is 9.59 Å². The van der Waals surface area contributed by atoms with Crippen molar-refractivity contribution >= 4 is 11.7 Å². The van der Waals surface area contributed by atoms with Crippen molar-refractivity contribution in [3.05, 3.63) is 0 Å². The molecule has 2 N–H and O–H groups in total. The Hall–Kier alpha value is -0.900. The molecule has 0 spiro atoms. The van der Waals surface area contributed by atoms with Crippen molar-refractivity contribution in [1.29, 1.82) is 0 Å². The van der Waals surface area contributed by atoms with E-state index in [1.54, 1.807) is 14.0 Å². The minimum atomic E-state index is -0.360. The fraction of sp³-hybridized carbons (Fsp3) is 0.875. The lowest BCUT2D eigenvalue weighted by molar-refractivity contribution is -0.130. The van der Waals surface area contributed by atoms with Gasteiger partial charge in [-0.25, -0.2) is 0 Å². The summed E-state index contributed by atoms with van der Waals surface area (Å²) in [6.45, 7) is 12.6. The molecule has 0 aliphatic heterocycles. The lowest BCUT2D eigenvalue weighted by atomic mass is 9.76. The molecule has 0 saturated carbocycles. The van der Waals surface area contributed by atoms with Crippen molar-refractivity contribution in [1.82, 2.24) is 10.6 Å². The number of nitrogens with one attached hydrogen (secondary N) is 2. The highest BCUT2D eigenvalue weighted by Crippen LogP contribution is 2.33. The summed E-state index contributed by atoms with van der Waals surface area (Å²) in [5.74, 6) is 0.239. The predicted octanol–water partition coefficient (Wildman–Crippen LogP) is 2.52. The number of carbonyl (C=O) groups is 2. The quantitative estimate of drug-likeness (QED) is 0.673. The maximum absolute atomic E-state index is 12.2. The molecule has 20 heavy (non-hydrogen) atoms. The van der Waals surface area contributed by atoms with E-state index in [1.165, 1.54) is 0 Å². The monoisotopic (exact) mass is 284 g/mol. The number of ketones is 1. The van der Waals surface area contributed by atoms with E-state index in [1.807, 2.05) is 13.8 Å². The van der Waals surface area contributed by atoms with Crippen LogP contribution in [0.3, 0.4) is 0 Å². The Morgan fingerprint density at radius 1 is 1.10 bits per heavy atom. The van der Waals surface area contributed by atoms with Crippen molar-refractivity contribution in [2.75, 3.05) is 13.6 Å². The molecule has 0 aliphatic carbocycles. The van der Waals surface area contributed by atoms with Gasteiger partial charge in [0, 0.05) is 12.0 Å². The van der Waals surface area contributed by atoms with Crippen LogP contribution in [-0.4, -0.2) is 31.3 Å². The Labute approximate surface area is 124 Å². The number of hydrogen-bond acceptors (Lipinski definition) is 3. The number of rotatable bonds is 8. The standard InChI is InChI=1S/C16H32N2O2/c1-12(19)13(17-7)9-8-10-18-14(20)16(5,6)11-15(2,3)4/h13,17H,8-11H2,1-7H3,(H,18,20). The molecule has 0 aromatic rings. The first-order valence-electron chi connectivity index (χ1n) is 7.45. The van der Waals surface area contributed by atoms with Crippen LogP contribution >= 0.6 is 0 Å². The molecule has 0 aliphatic rings. The van der Waals surface area contributed by atoms with Gasteiger partial charge < -0.3 is 10.6 Å². The summed E-state index contributed by atoms with van der Waals surface area (Å²) in [5.41, 5.74) is -0.228. The molecule has 4 heteroatoms. The highest BCUT2D eigenvalue weighted by atomic mass is 16.2. The second kappa shape index (κ2) is 7.77. The molecule has 0 saturated heterocycles. The van der Waals surface area contributed by atoms with Gasteiger partial charge in [0.05, 0.1) is 6.04 Å². The normalized spacial score (nSPS) is 13.9. The highest BCUT2D eigenvalue weighted by Gasteiger charge is 2.32. The Kier molecular flexibility index (Phi) is 7.42. The molecule has 0 heterocycles. The van der Waals surface area contributed by atoms with E-state index in [2.05, 4.69) is 31.4 Å². The summed E-state index contributed by atoms with van der Waals surface area (Å²) >= 11 is 0. The summed E-state index contributed by atoms with van der Waals surface area (Å²) in [4.78, 5) is 23.5. The zero-order chi connectivity index (χ0) is 16.0. The molecule has 0 fully saturated rings. The number of Topliss-reactive ketones (excluding diaryl/α,β-unsaturated/α-hetero) is 1. The minimum absolute atomic E-state index is 0.0938. The Bertz CT molecular complexity index is 330. The van der Waals surface area contributed by atoms with Crippen LogP contribution < -0.4 is 10.6 Å². The maximum Gasteiger partial charge on any atom is 0.225 e. The fourth-order valence-electron chi connectivity index (χ4n) is 2.70. The molecule has 0 rings (SSSR count). The van der Waals surface area contributed by atoms with Crippen LogP contribution in [0.5, 0.6) is 0 Å². The third kappa shape index (κ3) is 7.63. The van der Waals surface area contributed by atoms with E-state index in [4.69, 9.17) is 0 Å². The average molecular weight is 284 g/mol. The van der Waals surface area contributed by atoms with Crippen LogP contribution in [0, 0.1) is 10.8 Å². The van der Waals surface area contributed by atoms with E-state index in [0.29, 0.717) is 6.54 Å². The number of hydrogen-bond donors (Lipinski definition) is 2. The Morgan fingerprint density at radius 2 is 1.65 bits per heavy atom. The number of carbonyl (C=O) groups excluding carboxylic acids is 2. The van der Waals surface area contributed by atoms with Gasteiger partial charge in [0.15, 0.2) is 0 Å². The molecule has 0 aromatic carbocycles. The molecule has 0 bridgehead atoms. The molecule has 1 amide bonds. The van der Waals surface area contributed by atoms with Gasteiger partial charge >= 0.3 is 0 Å². The van der Waals surface area contributed by atoms with E-state index in [-0.39, 0.29) is 28.6 Å². The van der Waals surface area contributed by atoms with Crippen molar-refractivity contribution in [2.24, 2.45) is 10.8 Å². The first kappa shape index (κ1) is 19.1. The topological polar surface area (TPSA) is 58.2 Å². The smallest absolute Gasteiger partial charge is 0.225 e. The molecular formula is C16H32N2O2. The lowest BCUT2D eigenvalue weighted by Crippen LogP contribution is -2.40. The van der Waals surface area contributed by atoms with Crippen LogP contribution in [0.4, 0.5) is 0 Å². The second-order valence-electron chi connectivity index (χ2n) is 7.47. The lowest BCUT2D eigenvalue weighted by Gasteiger charge is -2.31. The van der Waals surface area contributed by atoms with Crippen molar-refractivity contribution in [3.8, 4) is 0 Å². The zero-order valence-corrected chi connectivity index (χ0v) is 14.2. The highest BCUT2D eigenvalue weighted by molar-refractivity contribution is 5.82. The summed E-state index contributed by atoms with van der Waals surface area (Å²) in [5, 5.41) is 5.97. The SMILES string of the molecule is CNC(CCCNC(=O)C(C)(C)CC(C)(C)C)C(C)=O. The third-order valence-electron chi connectivity index (χ3n) is 3.38. The van der Waals surface area contributed by atoms with Crippen LogP contribution in [0.1, 0.15) is 60.8 Å². The van der Waals surface area contributed by atoms with Crippen LogP contribution in [0.15, 0.2) is 0 Å². The fourth-order valence-corrected chi connectivity index (χ4v) is 2.70. The average Bonchev–Trinajstić information content (AvgIpc) is 2.24. The predicted molar refractivity (Wildman–Crippen MR) is 83.6 cm³/mol. The largest absolute Gasteiger partial charge is 0.356 e. The van der Waals surface area contributed by atoms with E-state index < -0.39 is 0 Å². The van der Waals surface area contributed by atoms with E-state index in [9.17, 15) is 9.59 Å². The van der Waals surface area contributed by atoms with Gasteiger partial charge in [-0.05, 0) is 38.6 Å². The van der Waals surface area contributed by atoms with Crippen molar-refractivity contribution in [3.63, 3.8) is 0 Å². The van der Waals surface area contributed by atoms with Crippen molar-refractivity contribution < 1.29 is 9.59 Å². The number of likely N-dealkylation sites (N-methyl/N-ethyl adjacent to an activating group) is 1. The van der Waals surface area contributed by atoms with Gasteiger partial charge in [0.2, 0.25) is 5.91 Å². The summed E-state index contributed by atoms with van der Waals surface area (Å²) < 4.78 is 0. The molecule has 0 radical (unpaired) electrons. The van der Waals surface area contributed by atoms with Crippen molar-refractivity contribution in [2.45, 2.75) is 66.8 Å². The van der Waals surface area contributed by atoms with Gasteiger partial charge in [-0.1, -0.05) is 34.6 Å².